The van der Waals surface area contributed by atoms with Crippen molar-refractivity contribution in [2.75, 3.05) is 45.5 Å². The third-order valence-electron chi connectivity index (χ3n) is 5.14. The van der Waals surface area contributed by atoms with Crippen LogP contribution in [0.2, 0.25) is 0 Å². The number of carbonyl (C=O) groups excluding carboxylic acids is 1. The summed E-state index contributed by atoms with van der Waals surface area (Å²) < 4.78 is 24.8. The molecule has 6 nitrogen and oxygen atoms in total. The minimum absolute atomic E-state index is 0.0912. The number of likely N-dealkylation sites (tertiary alicyclic amines) is 1. The van der Waals surface area contributed by atoms with Gasteiger partial charge in [0.1, 0.15) is 0 Å². The van der Waals surface area contributed by atoms with Crippen LogP contribution in [0.25, 0.3) is 0 Å². The number of piperidine rings is 1. The van der Waals surface area contributed by atoms with E-state index in [0.29, 0.717) is 26.1 Å². The van der Waals surface area contributed by atoms with E-state index in [2.05, 4.69) is 10.2 Å². The Kier molecular flexibility index (Phi) is 7.97. The van der Waals surface area contributed by atoms with Crippen molar-refractivity contribution in [2.24, 2.45) is 5.92 Å². The summed E-state index contributed by atoms with van der Waals surface area (Å²) in [6.07, 6.45) is 10.1. The number of nitrogens with zero attached hydrogens (tertiary/aromatic N) is 2. The van der Waals surface area contributed by atoms with Crippen LogP contribution in [0.4, 0.5) is 0 Å². The number of rotatable bonds is 6. The predicted molar refractivity (Wildman–Crippen MR) is 96.3 cm³/mol. The summed E-state index contributed by atoms with van der Waals surface area (Å²) in [6.45, 7) is 4.79. The molecule has 0 bridgehead atoms. The lowest BCUT2D eigenvalue weighted by Gasteiger charge is -2.31. The number of amides is 1. The summed E-state index contributed by atoms with van der Waals surface area (Å²) in [7, 11) is -3.11. The fraction of sp³-hybridized carbons (Fsp3) is 0.941. The van der Waals surface area contributed by atoms with Crippen LogP contribution in [0.5, 0.6) is 0 Å². The van der Waals surface area contributed by atoms with Gasteiger partial charge in [0.25, 0.3) is 0 Å². The molecule has 2 aliphatic rings. The largest absolute Gasteiger partial charge is 0.356 e. The van der Waals surface area contributed by atoms with Gasteiger partial charge < -0.3 is 10.2 Å². The maximum Gasteiger partial charge on any atom is 0.221 e. The molecule has 2 aliphatic heterocycles. The zero-order valence-electron chi connectivity index (χ0n) is 15.0. The molecule has 2 rings (SSSR count). The average molecular weight is 360 g/mol. The molecule has 1 N–H and O–H groups in total. The minimum atomic E-state index is -3.11. The highest BCUT2D eigenvalue weighted by Gasteiger charge is 2.26. The number of hydrogen-bond acceptors (Lipinski definition) is 4. The topological polar surface area (TPSA) is 69.7 Å². The van der Waals surface area contributed by atoms with E-state index in [0.717, 1.165) is 32.5 Å². The lowest BCUT2D eigenvalue weighted by atomic mass is 10.00. The van der Waals surface area contributed by atoms with E-state index in [1.807, 2.05) is 0 Å². The van der Waals surface area contributed by atoms with Gasteiger partial charge in [0, 0.05) is 32.6 Å². The predicted octanol–water partition coefficient (Wildman–Crippen LogP) is 1.43. The van der Waals surface area contributed by atoms with Crippen LogP contribution in [0.3, 0.4) is 0 Å². The third kappa shape index (κ3) is 7.07. The van der Waals surface area contributed by atoms with Crippen LogP contribution in [-0.4, -0.2) is 69.1 Å². The van der Waals surface area contributed by atoms with Crippen molar-refractivity contribution in [2.45, 2.75) is 51.4 Å². The van der Waals surface area contributed by atoms with Crippen molar-refractivity contribution >= 4 is 15.9 Å². The monoisotopic (exact) mass is 359 g/mol. The van der Waals surface area contributed by atoms with E-state index in [9.17, 15) is 13.2 Å². The van der Waals surface area contributed by atoms with Crippen molar-refractivity contribution in [1.29, 1.82) is 0 Å². The molecular formula is C17H33N3O3S. The second kappa shape index (κ2) is 9.73. The molecule has 1 atom stereocenters. The standard InChI is InChI=1S/C17H33N3O3S/c1-24(22,23)20-12-7-8-16(15-20)14-18-17(21)9-13-19-10-5-3-2-4-6-11-19/h16H,2-15H2,1H3,(H,18,21). The Balaban J connectivity index is 1.65. The van der Waals surface area contributed by atoms with Crippen LogP contribution in [0, 0.1) is 5.92 Å². The van der Waals surface area contributed by atoms with Gasteiger partial charge in [-0.15, -0.1) is 0 Å². The van der Waals surface area contributed by atoms with E-state index in [4.69, 9.17) is 0 Å². The molecule has 140 valence electrons. The second-order valence-electron chi connectivity index (χ2n) is 7.29. The quantitative estimate of drug-likeness (QED) is 0.779. The number of sulfonamides is 1. The number of carbonyl (C=O) groups is 1. The molecule has 0 radical (unpaired) electrons. The minimum Gasteiger partial charge on any atom is -0.356 e. The Morgan fingerprint density at radius 3 is 2.38 bits per heavy atom. The Morgan fingerprint density at radius 2 is 1.71 bits per heavy atom. The van der Waals surface area contributed by atoms with Gasteiger partial charge in [0.15, 0.2) is 0 Å². The molecule has 1 amide bonds. The molecule has 2 saturated heterocycles. The summed E-state index contributed by atoms with van der Waals surface area (Å²) >= 11 is 0. The van der Waals surface area contributed by atoms with Gasteiger partial charge in [-0.05, 0) is 44.7 Å². The molecule has 1 unspecified atom stereocenters. The van der Waals surface area contributed by atoms with Crippen LogP contribution in [0.15, 0.2) is 0 Å². The van der Waals surface area contributed by atoms with Gasteiger partial charge in [0.05, 0.1) is 6.26 Å². The van der Waals surface area contributed by atoms with Crippen molar-refractivity contribution in [1.82, 2.24) is 14.5 Å². The molecule has 0 aromatic carbocycles. The van der Waals surface area contributed by atoms with E-state index >= 15 is 0 Å². The van der Waals surface area contributed by atoms with Gasteiger partial charge in [0.2, 0.25) is 15.9 Å². The van der Waals surface area contributed by atoms with Crippen LogP contribution >= 0.6 is 0 Å². The van der Waals surface area contributed by atoms with E-state index < -0.39 is 10.0 Å². The van der Waals surface area contributed by atoms with Gasteiger partial charge in [-0.2, -0.15) is 0 Å². The molecule has 0 saturated carbocycles. The molecule has 0 spiro atoms. The smallest absolute Gasteiger partial charge is 0.221 e. The number of hydrogen-bond donors (Lipinski definition) is 1. The first-order valence-corrected chi connectivity index (χ1v) is 11.2. The summed E-state index contributed by atoms with van der Waals surface area (Å²) in [6, 6.07) is 0. The SMILES string of the molecule is CS(=O)(=O)N1CCCC(CNC(=O)CCN2CCCCCCC2)C1. The number of nitrogens with one attached hydrogen (secondary N) is 1. The Hall–Kier alpha value is -0.660. The normalized spacial score (nSPS) is 25.0. The highest BCUT2D eigenvalue weighted by atomic mass is 32.2. The summed E-state index contributed by atoms with van der Waals surface area (Å²) in [5.41, 5.74) is 0. The fourth-order valence-corrected chi connectivity index (χ4v) is 4.58. The second-order valence-corrected chi connectivity index (χ2v) is 9.28. The maximum absolute atomic E-state index is 12.1. The first kappa shape index (κ1) is 19.7. The molecule has 2 fully saturated rings. The molecule has 0 aromatic heterocycles. The van der Waals surface area contributed by atoms with Crippen LogP contribution in [0.1, 0.15) is 51.4 Å². The van der Waals surface area contributed by atoms with Crippen molar-refractivity contribution in [3.05, 3.63) is 0 Å². The van der Waals surface area contributed by atoms with Gasteiger partial charge in [-0.3, -0.25) is 4.79 Å². The zero-order chi connectivity index (χ0) is 17.4. The Labute approximate surface area is 147 Å². The van der Waals surface area contributed by atoms with E-state index in [1.165, 1.54) is 42.7 Å². The highest BCUT2D eigenvalue weighted by molar-refractivity contribution is 7.88. The molecule has 24 heavy (non-hydrogen) atoms. The first-order valence-electron chi connectivity index (χ1n) is 9.39. The van der Waals surface area contributed by atoms with Crippen molar-refractivity contribution in [3.63, 3.8) is 0 Å². The first-order chi connectivity index (χ1) is 11.4. The fourth-order valence-electron chi connectivity index (χ4n) is 3.64. The summed E-state index contributed by atoms with van der Waals surface area (Å²) in [5.74, 6) is 0.327. The van der Waals surface area contributed by atoms with Crippen molar-refractivity contribution in [3.8, 4) is 0 Å². The lowest BCUT2D eigenvalue weighted by Crippen LogP contribution is -2.43. The molecule has 0 aromatic rings. The van der Waals surface area contributed by atoms with Crippen LogP contribution < -0.4 is 5.32 Å². The van der Waals surface area contributed by atoms with Crippen LogP contribution in [-0.2, 0) is 14.8 Å². The lowest BCUT2D eigenvalue weighted by molar-refractivity contribution is -0.121. The van der Waals surface area contributed by atoms with E-state index in [-0.39, 0.29) is 11.8 Å². The highest BCUT2D eigenvalue weighted by Crippen LogP contribution is 2.18. The van der Waals surface area contributed by atoms with Gasteiger partial charge >= 0.3 is 0 Å². The summed E-state index contributed by atoms with van der Waals surface area (Å²) in [5, 5.41) is 3.00. The third-order valence-corrected chi connectivity index (χ3v) is 6.41. The Bertz CT molecular complexity index is 487. The molecule has 2 heterocycles. The molecule has 7 heteroatoms. The van der Waals surface area contributed by atoms with E-state index in [1.54, 1.807) is 0 Å². The average Bonchev–Trinajstić information content (AvgIpc) is 2.51. The maximum atomic E-state index is 12.1. The van der Waals surface area contributed by atoms with Gasteiger partial charge in [-0.25, -0.2) is 12.7 Å². The summed E-state index contributed by atoms with van der Waals surface area (Å²) in [4.78, 5) is 14.5. The molecular weight excluding hydrogens is 326 g/mol. The van der Waals surface area contributed by atoms with Crippen molar-refractivity contribution < 1.29 is 13.2 Å². The zero-order valence-corrected chi connectivity index (χ0v) is 15.8. The molecule has 0 aliphatic carbocycles. The Morgan fingerprint density at radius 1 is 1.04 bits per heavy atom. The van der Waals surface area contributed by atoms with Gasteiger partial charge in [-0.1, -0.05) is 19.3 Å².